The van der Waals surface area contributed by atoms with Crippen LogP contribution in [0.15, 0.2) is 0 Å². The van der Waals surface area contributed by atoms with Crippen molar-refractivity contribution in [3.8, 4) is 0 Å². The van der Waals surface area contributed by atoms with Gasteiger partial charge in [0.05, 0.1) is 12.0 Å². The highest BCUT2D eigenvalue weighted by atomic mass is 16.4. The Morgan fingerprint density at radius 3 is 2.26 bits per heavy atom. The zero-order valence-electron chi connectivity index (χ0n) is 12.1. The van der Waals surface area contributed by atoms with Crippen molar-refractivity contribution in [2.24, 2.45) is 5.92 Å². The Labute approximate surface area is 115 Å². The summed E-state index contributed by atoms with van der Waals surface area (Å²) in [5.74, 6) is -0.877. The highest BCUT2D eigenvalue weighted by Crippen LogP contribution is 2.24. The molecular weight excluding hydrogens is 244 g/mol. The Kier molecular flexibility index (Phi) is 6.28. The number of hydrogen-bond donors (Lipinski definition) is 3. The number of carboxylic acid groups (broad SMARTS) is 1. The van der Waals surface area contributed by atoms with E-state index in [1.807, 2.05) is 20.8 Å². The van der Waals surface area contributed by atoms with Gasteiger partial charge in [0.1, 0.15) is 0 Å². The topological polar surface area (TPSA) is 78.4 Å². The maximum atomic E-state index is 11.9. The van der Waals surface area contributed by atoms with Gasteiger partial charge in [-0.3, -0.25) is 9.59 Å². The lowest BCUT2D eigenvalue weighted by Crippen LogP contribution is -2.49. The molecule has 0 spiro atoms. The summed E-state index contributed by atoms with van der Waals surface area (Å²) < 4.78 is 0. The van der Waals surface area contributed by atoms with Crippen LogP contribution in [0.3, 0.4) is 0 Å². The van der Waals surface area contributed by atoms with Gasteiger partial charge < -0.3 is 15.7 Å². The quantitative estimate of drug-likeness (QED) is 0.684. The van der Waals surface area contributed by atoms with Gasteiger partial charge in [0.2, 0.25) is 5.91 Å². The van der Waals surface area contributed by atoms with Crippen LogP contribution in [0.2, 0.25) is 0 Å². The molecule has 0 aromatic rings. The standard InChI is InChI=1S/C14H26N2O3/c1-4-9(2)15-13(17)10(3)16-12-7-5-11(6-8-12)14(18)19/h9-12,16H,4-8H2,1-3H3,(H,15,17)(H,18,19). The van der Waals surface area contributed by atoms with Crippen LogP contribution >= 0.6 is 0 Å². The van der Waals surface area contributed by atoms with Crippen LogP contribution in [-0.4, -0.2) is 35.1 Å². The van der Waals surface area contributed by atoms with E-state index in [4.69, 9.17) is 5.11 Å². The number of amides is 1. The molecule has 1 aliphatic rings. The minimum absolute atomic E-state index is 0.0229. The van der Waals surface area contributed by atoms with Gasteiger partial charge in [-0.05, 0) is 46.0 Å². The summed E-state index contributed by atoms with van der Waals surface area (Å²) >= 11 is 0. The highest BCUT2D eigenvalue weighted by Gasteiger charge is 2.27. The number of carbonyl (C=O) groups excluding carboxylic acids is 1. The molecule has 1 fully saturated rings. The summed E-state index contributed by atoms with van der Waals surface area (Å²) in [4.78, 5) is 22.8. The van der Waals surface area contributed by atoms with E-state index in [1.165, 1.54) is 0 Å². The maximum absolute atomic E-state index is 11.9. The second-order valence-corrected chi connectivity index (χ2v) is 5.59. The van der Waals surface area contributed by atoms with Crippen molar-refractivity contribution in [1.82, 2.24) is 10.6 Å². The predicted octanol–water partition coefficient (Wildman–Crippen LogP) is 1.52. The summed E-state index contributed by atoms with van der Waals surface area (Å²) in [6, 6.07) is 0.230. The van der Waals surface area contributed by atoms with Crippen LogP contribution in [0.1, 0.15) is 52.9 Å². The smallest absolute Gasteiger partial charge is 0.306 e. The molecule has 0 aromatic heterocycles. The molecule has 0 heterocycles. The molecule has 0 aromatic carbocycles. The third-order valence-electron chi connectivity index (χ3n) is 3.96. The average Bonchev–Trinajstić information content (AvgIpc) is 2.38. The predicted molar refractivity (Wildman–Crippen MR) is 73.9 cm³/mol. The summed E-state index contributed by atoms with van der Waals surface area (Å²) in [6.45, 7) is 5.89. The zero-order chi connectivity index (χ0) is 14.4. The lowest BCUT2D eigenvalue weighted by atomic mass is 9.86. The molecule has 2 unspecified atom stereocenters. The molecule has 0 aliphatic heterocycles. The zero-order valence-corrected chi connectivity index (χ0v) is 12.1. The van der Waals surface area contributed by atoms with Crippen LogP contribution < -0.4 is 10.6 Å². The fourth-order valence-corrected chi connectivity index (χ4v) is 2.41. The van der Waals surface area contributed by atoms with Gasteiger partial charge >= 0.3 is 5.97 Å². The number of nitrogens with one attached hydrogen (secondary N) is 2. The molecule has 2 atom stereocenters. The lowest BCUT2D eigenvalue weighted by Gasteiger charge is -2.29. The molecule has 1 saturated carbocycles. The normalized spacial score (nSPS) is 26.5. The largest absolute Gasteiger partial charge is 0.481 e. The molecule has 1 rings (SSSR count). The first-order valence-electron chi connectivity index (χ1n) is 7.23. The van der Waals surface area contributed by atoms with Gasteiger partial charge in [0, 0.05) is 12.1 Å². The van der Waals surface area contributed by atoms with Gasteiger partial charge in [-0.15, -0.1) is 0 Å². The number of carboxylic acids is 1. The van der Waals surface area contributed by atoms with Crippen LogP contribution in [-0.2, 0) is 9.59 Å². The Hall–Kier alpha value is -1.10. The van der Waals surface area contributed by atoms with Crippen molar-refractivity contribution in [1.29, 1.82) is 0 Å². The van der Waals surface area contributed by atoms with Crippen LogP contribution in [0.5, 0.6) is 0 Å². The van der Waals surface area contributed by atoms with Crippen LogP contribution in [0.25, 0.3) is 0 Å². The number of carbonyl (C=O) groups is 2. The molecule has 5 heteroatoms. The van der Waals surface area contributed by atoms with Gasteiger partial charge in [-0.25, -0.2) is 0 Å². The SMILES string of the molecule is CCC(C)NC(=O)C(C)NC1CCC(C(=O)O)CC1. The summed E-state index contributed by atoms with van der Waals surface area (Å²) in [7, 11) is 0. The molecule has 0 bridgehead atoms. The average molecular weight is 270 g/mol. The molecule has 0 saturated heterocycles. The first-order valence-corrected chi connectivity index (χ1v) is 7.23. The fraction of sp³-hybridized carbons (Fsp3) is 0.857. The monoisotopic (exact) mass is 270 g/mol. The first-order chi connectivity index (χ1) is 8.93. The molecule has 110 valence electrons. The van der Waals surface area contributed by atoms with Crippen molar-refractivity contribution < 1.29 is 14.7 Å². The highest BCUT2D eigenvalue weighted by molar-refractivity contribution is 5.81. The fourth-order valence-electron chi connectivity index (χ4n) is 2.41. The number of rotatable bonds is 6. The van der Waals surface area contributed by atoms with Gasteiger partial charge in [0.15, 0.2) is 0 Å². The Bertz CT molecular complexity index is 312. The number of hydrogen-bond acceptors (Lipinski definition) is 3. The Balaban J connectivity index is 2.32. The number of aliphatic carboxylic acids is 1. The van der Waals surface area contributed by atoms with Crippen LogP contribution in [0, 0.1) is 5.92 Å². The van der Waals surface area contributed by atoms with E-state index < -0.39 is 5.97 Å². The first kappa shape index (κ1) is 16.0. The molecular formula is C14H26N2O3. The van der Waals surface area contributed by atoms with Crippen molar-refractivity contribution in [3.05, 3.63) is 0 Å². The van der Waals surface area contributed by atoms with Crippen molar-refractivity contribution in [2.75, 3.05) is 0 Å². The third kappa shape index (κ3) is 5.19. The Morgan fingerprint density at radius 1 is 1.21 bits per heavy atom. The summed E-state index contributed by atoms with van der Waals surface area (Å²) in [5, 5.41) is 15.2. The minimum Gasteiger partial charge on any atom is -0.481 e. The van der Waals surface area contributed by atoms with E-state index in [0.29, 0.717) is 12.8 Å². The molecule has 0 radical (unpaired) electrons. The molecule has 3 N–H and O–H groups in total. The van der Waals surface area contributed by atoms with E-state index >= 15 is 0 Å². The Morgan fingerprint density at radius 2 is 1.79 bits per heavy atom. The molecule has 19 heavy (non-hydrogen) atoms. The third-order valence-corrected chi connectivity index (χ3v) is 3.96. The van der Waals surface area contributed by atoms with E-state index in [-0.39, 0.29) is 30.0 Å². The van der Waals surface area contributed by atoms with E-state index in [9.17, 15) is 9.59 Å². The maximum Gasteiger partial charge on any atom is 0.306 e. The van der Waals surface area contributed by atoms with Crippen molar-refractivity contribution in [2.45, 2.75) is 71.0 Å². The molecule has 1 aliphatic carbocycles. The van der Waals surface area contributed by atoms with E-state index in [2.05, 4.69) is 10.6 Å². The van der Waals surface area contributed by atoms with Crippen LogP contribution in [0.4, 0.5) is 0 Å². The van der Waals surface area contributed by atoms with Gasteiger partial charge in [-0.1, -0.05) is 6.92 Å². The van der Waals surface area contributed by atoms with E-state index in [1.54, 1.807) is 0 Å². The second-order valence-electron chi connectivity index (χ2n) is 5.59. The summed E-state index contributed by atoms with van der Waals surface area (Å²) in [5.41, 5.74) is 0. The van der Waals surface area contributed by atoms with Gasteiger partial charge in [-0.2, -0.15) is 0 Å². The summed E-state index contributed by atoms with van der Waals surface area (Å²) in [6.07, 6.45) is 3.98. The minimum atomic E-state index is -0.694. The van der Waals surface area contributed by atoms with E-state index in [0.717, 1.165) is 19.3 Å². The second kappa shape index (κ2) is 7.48. The molecule has 5 nitrogen and oxygen atoms in total. The van der Waals surface area contributed by atoms with Gasteiger partial charge in [0.25, 0.3) is 0 Å². The lowest BCUT2D eigenvalue weighted by molar-refractivity contribution is -0.143. The van der Waals surface area contributed by atoms with Crippen molar-refractivity contribution in [3.63, 3.8) is 0 Å². The molecule has 1 amide bonds. The van der Waals surface area contributed by atoms with Crippen molar-refractivity contribution >= 4 is 11.9 Å².